The first-order chi connectivity index (χ1) is 9.97. The molecule has 2 atom stereocenters. The molecule has 2 rings (SSSR count). The Hall–Kier alpha value is -2.37. The second-order valence-electron chi connectivity index (χ2n) is 5.29. The van der Waals surface area contributed by atoms with E-state index in [1.165, 1.54) is 24.3 Å². The van der Waals surface area contributed by atoms with Crippen molar-refractivity contribution in [2.45, 2.75) is 19.8 Å². The van der Waals surface area contributed by atoms with Gasteiger partial charge in [-0.25, -0.2) is 4.79 Å². The lowest BCUT2D eigenvalue weighted by Crippen LogP contribution is -2.29. The summed E-state index contributed by atoms with van der Waals surface area (Å²) in [5.74, 6) is -0.656. The Morgan fingerprint density at radius 3 is 2.38 bits per heavy atom. The standard InChI is InChI=1S/C15H18N2O4/c1-9-8-12(9)14(19)16-7-6-13(18)17-11-4-2-10(3-5-11)15(20)21/h2-5,9,12H,6-8H2,1H3,(H,16,19)(H,17,18)(H,20,21). The molecular weight excluding hydrogens is 272 g/mol. The zero-order valence-electron chi connectivity index (χ0n) is 11.8. The number of carboxylic acid groups (broad SMARTS) is 1. The first-order valence-electron chi connectivity index (χ1n) is 6.88. The van der Waals surface area contributed by atoms with E-state index in [-0.39, 0.29) is 29.7 Å². The molecule has 1 aliphatic carbocycles. The quantitative estimate of drug-likeness (QED) is 0.739. The maximum absolute atomic E-state index is 11.7. The molecule has 6 heteroatoms. The van der Waals surface area contributed by atoms with Crippen molar-refractivity contribution in [2.24, 2.45) is 11.8 Å². The Bertz CT molecular complexity index is 553. The smallest absolute Gasteiger partial charge is 0.335 e. The van der Waals surface area contributed by atoms with Crippen LogP contribution in [0.25, 0.3) is 0 Å². The summed E-state index contributed by atoms with van der Waals surface area (Å²) in [5, 5.41) is 14.2. The number of carboxylic acids is 1. The molecule has 0 heterocycles. The fraction of sp³-hybridized carbons (Fsp3) is 0.400. The lowest BCUT2D eigenvalue weighted by Gasteiger charge is -2.07. The summed E-state index contributed by atoms with van der Waals surface area (Å²) in [6, 6.07) is 5.92. The van der Waals surface area contributed by atoms with Crippen LogP contribution in [0.2, 0.25) is 0 Å². The Morgan fingerprint density at radius 1 is 1.24 bits per heavy atom. The lowest BCUT2D eigenvalue weighted by atomic mass is 10.2. The van der Waals surface area contributed by atoms with Gasteiger partial charge < -0.3 is 15.7 Å². The molecule has 0 spiro atoms. The zero-order chi connectivity index (χ0) is 15.4. The Morgan fingerprint density at radius 2 is 1.86 bits per heavy atom. The SMILES string of the molecule is CC1CC1C(=O)NCCC(=O)Nc1ccc(C(=O)O)cc1. The molecule has 6 nitrogen and oxygen atoms in total. The molecule has 2 amide bonds. The molecule has 1 fully saturated rings. The number of hydrogen-bond acceptors (Lipinski definition) is 3. The summed E-state index contributed by atoms with van der Waals surface area (Å²) < 4.78 is 0. The van der Waals surface area contributed by atoms with E-state index in [4.69, 9.17) is 5.11 Å². The van der Waals surface area contributed by atoms with Crippen LogP contribution in [0.15, 0.2) is 24.3 Å². The monoisotopic (exact) mass is 290 g/mol. The molecule has 0 aliphatic heterocycles. The number of anilines is 1. The van der Waals surface area contributed by atoms with Crippen LogP contribution in [-0.2, 0) is 9.59 Å². The van der Waals surface area contributed by atoms with Crippen molar-refractivity contribution in [1.29, 1.82) is 0 Å². The fourth-order valence-electron chi connectivity index (χ4n) is 2.04. The number of aromatic carboxylic acids is 1. The van der Waals surface area contributed by atoms with Crippen LogP contribution in [-0.4, -0.2) is 29.4 Å². The van der Waals surface area contributed by atoms with Gasteiger partial charge in [-0.15, -0.1) is 0 Å². The van der Waals surface area contributed by atoms with Gasteiger partial charge in [-0.3, -0.25) is 9.59 Å². The molecule has 1 aromatic rings. The van der Waals surface area contributed by atoms with Crippen molar-refractivity contribution < 1.29 is 19.5 Å². The first kappa shape index (κ1) is 15.0. The van der Waals surface area contributed by atoms with Crippen LogP contribution < -0.4 is 10.6 Å². The minimum atomic E-state index is -1.01. The van der Waals surface area contributed by atoms with Gasteiger partial charge in [0.25, 0.3) is 0 Å². The number of nitrogens with one attached hydrogen (secondary N) is 2. The Balaban J connectivity index is 1.71. The summed E-state index contributed by atoms with van der Waals surface area (Å²) in [5.41, 5.74) is 0.700. The number of hydrogen-bond donors (Lipinski definition) is 3. The summed E-state index contributed by atoms with van der Waals surface area (Å²) in [6.07, 6.45) is 1.11. The first-order valence-corrected chi connectivity index (χ1v) is 6.88. The highest BCUT2D eigenvalue weighted by Gasteiger charge is 2.38. The maximum Gasteiger partial charge on any atom is 0.335 e. The van der Waals surface area contributed by atoms with Crippen LogP contribution in [0.3, 0.4) is 0 Å². The van der Waals surface area contributed by atoms with Crippen LogP contribution in [0, 0.1) is 11.8 Å². The van der Waals surface area contributed by atoms with Gasteiger partial charge in [-0.2, -0.15) is 0 Å². The predicted octanol–water partition coefficient (Wildman–Crippen LogP) is 1.49. The van der Waals surface area contributed by atoms with E-state index in [9.17, 15) is 14.4 Å². The third-order valence-electron chi connectivity index (χ3n) is 3.51. The second kappa shape index (κ2) is 6.39. The molecule has 3 N–H and O–H groups in total. The topological polar surface area (TPSA) is 95.5 Å². The van der Waals surface area contributed by atoms with Gasteiger partial charge in [0, 0.05) is 24.6 Å². The third kappa shape index (κ3) is 4.30. The molecule has 1 aromatic carbocycles. The highest BCUT2D eigenvalue weighted by molar-refractivity contribution is 5.92. The van der Waals surface area contributed by atoms with Gasteiger partial charge in [0.05, 0.1) is 5.56 Å². The number of benzene rings is 1. The molecule has 0 radical (unpaired) electrons. The fourth-order valence-corrected chi connectivity index (χ4v) is 2.04. The molecular formula is C15H18N2O4. The third-order valence-corrected chi connectivity index (χ3v) is 3.51. The summed E-state index contributed by atoms with van der Waals surface area (Å²) >= 11 is 0. The highest BCUT2D eigenvalue weighted by atomic mass is 16.4. The Labute approximate surface area is 122 Å². The second-order valence-corrected chi connectivity index (χ2v) is 5.29. The average Bonchev–Trinajstić information content (AvgIpc) is 3.16. The van der Waals surface area contributed by atoms with Crippen LogP contribution in [0.5, 0.6) is 0 Å². The van der Waals surface area contributed by atoms with Crippen LogP contribution in [0.1, 0.15) is 30.1 Å². The number of carbonyl (C=O) groups is 3. The molecule has 112 valence electrons. The van der Waals surface area contributed by atoms with Crippen molar-refractivity contribution in [2.75, 3.05) is 11.9 Å². The van der Waals surface area contributed by atoms with E-state index >= 15 is 0 Å². The van der Waals surface area contributed by atoms with E-state index in [0.717, 1.165) is 6.42 Å². The van der Waals surface area contributed by atoms with E-state index in [1.807, 2.05) is 6.92 Å². The van der Waals surface area contributed by atoms with Crippen LogP contribution >= 0.6 is 0 Å². The van der Waals surface area contributed by atoms with Crippen molar-refractivity contribution >= 4 is 23.5 Å². The van der Waals surface area contributed by atoms with Crippen LogP contribution in [0.4, 0.5) is 5.69 Å². The van der Waals surface area contributed by atoms with E-state index in [0.29, 0.717) is 18.2 Å². The minimum Gasteiger partial charge on any atom is -0.478 e. The molecule has 2 unspecified atom stereocenters. The van der Waals surface area contributed by atoms with Gasteiger partial charge in [-0.1, -0.05) is 6.92 Å². The van der Waals surface area contributed by atoms with Gasteiger partial charge in [0.15, 0.2) is 0 Å². The van der Waals surface area contributed by atoms with E-state index < -0.39 is 5.97 Å². The number of amides is 2. The molecule has 21 heavy (non-hydrogen) atoms. The van der Waals surface area contributed by atoms with Gasteiger partial charge >= 0.3 is 5.97 Å². The molecule has 0 bridgehead atoms. The summed E-state index contributed by atoms with van der Waals surface area (Å²) in [7, 11) is 0. The molecule has 0 saturated heterocycles. The van der Waals surface area contributed by atoms with Crippen molar-refractivity contribution in [3.8, 4) is 0 Å². The molecule has 1 aliphatic rings. The minimum absolute atomic E-state index is 0.0149. The van der Waals surface area contributed by atoms with Gasteiger partial charge in [0.2, 0.25) is 11.8 Å². The van der Waals surface area contributed by atoms with E-state index in [2.05, 4.69) is 10.6 Å². The molecule has 0 aromatic heterocycles. The summed E-state index contributed by atoms with van der Waals surface area (Å²) in [4.78, 5) is 33.9. The van der Waals surface area contributed by atoms with Crippen molar-refractivity contribution in [1.82, 2.24) is 5.32 Å². The van der Waals surface area contributed by atoms with Crippen molar-refractivity contribution in [3.05, 3.63) is 29.8 Å². The Kier molecular flexibility index (Phi) is 4.57. The normalized spacial score (nSPS) is 19.7. The highest BCUT2D eigenvalue weighted by Crippen LogP contribution is 2.37. The predicted molar refractivity (Wildman–Crippen MR) is 76.9 cm³/mol. The van der Waals surface area contributed by atoms with E-state index in [1.54, 1.807) is 0 Å². The number of rotatable bonds is 6. The zero-order valence-corrected chi connectivity index (χ0v) is 11.8. The largest absolute Gasteiger partial charge is 0.478 e. The molecule has 1 saturated carbocycles. The van der Waals surface area contributed by atoms with Crippen molar-refractivity contribution in [3.63, 3.8) is 0 Å². The lowest BCUT2D eigenvalue weighted by molar-refractivity contribution is -0.122. The van der Waals surface area contributed by atoms with Gasteiger partial charge in [-0.05, 0) is 36.6 Å². The summed E-state index contributed by atoms with van der Waals surface area (Å²) in [6.45, 7) is 2.33. The van der Waals surface area contributed by atoms with Gasteiger partial charge in [0.1, 0.15) is 0 Å². The average molecular weight is 290 g/mol. The number of carbonyl (C=O) groups excluding carboxylic acids is 2. The maximum atomic E-state index is 11.7.